The number of hydrogen-bond donors (Lipinski definition) is 1. The van der Waals surface area contributed by atoms with E-state index in [1.807, 2.05) is 13.8 Å². The van der Waals surface area contributed by atoms with E-state index in [2.05, 4.69) is 0 Å². The molecule has 1 aromatic heterocycles. The zero-order valence-electron chi connectivity index (χ0n) is 10.1. The van der Waals surface area contributed by atoms with Gasteiger partial charge in [-0.2, -0.15) is 4.31 Å². The summed E-state index contributed by atoms with van der Waals surface area (Å²) in [4.78, 5) is 2.38. The van der Waals surface area contributed by atoms with Gasteiger partial charge in [0.2, 0.25) is 10.0 Å². The second kappa shape index (κ2) is 4.68. The number of piperidine rings is 1. The van der Waals surface area contributed by atoms with Gasteiger partial charge < -0.3 is 5.73 Å². The van der Waals surface area contributed by atoms with Crippen molar-refractivity contribution in [2.24, 2.45) is 5.73 Å². The third-order valence-corrected chi connectivity index (χ3v) is 6.23. The van der Waals surface area contributed by atoms with E-state index in [-0.39, 0.29) is 6.04 Å². The highest BCUT2D eigenvalue weighted by molar-refractivity contribution is 7.89. The summed E-state index contributed by atoms with van der Waals surface area (Å²) in [6, 6.07) is 1.91. The Kier molecular flexibility index (Phi) is 3.58. The zero-order valence-corrected chi connectivity index (χ0v) is 11.8. The standard InChI is InChI=1S/C11H18N2O2S2/c1-8-7-11(9(2)16-8)17(14,15)13-5-3-10(12)4-6-13/h7,10H,3-6,12H2,1-2H3. The molecule has 0 aromatic carbocycles. The van der Waals surface area contributed by atoms with Crippen LogP contribution >= 0.6 is 11.3 Å². The molecule has 1 aliphatic rings. The zero-order chi connectivity index (χ0) is 12.6. The highest BCUT2D eigenvalue weighted by Crippen LogP contribution is 2.28. The monoisotopic (exact) mass is 274 g/mol. The summed E-state index contributed by atoms with van der Waals surface area (Å²) in [7, 11) is -3.31. The second-order valence-corrected chi connectivity index (χ2v) is 7.89. The molecule has 0 radical (unpaired) electrons. The second-order valence-electron chi connectivity index (χ2n) is 4.52. The molecule has 1 aliphatic heterocycles. The molecule has 4 nitrogen and oxygen atoms in total. The maximum atomic E-state index is 12.4. The summed E-state index contributed by atoms with van der Waals surface area (Å²) in [5, 5.41) is 0. The van der Waals surface area contributed by atoms with Crippen molar-refractivity contribution in [1.29, 1.82) is 0 Å². The van der Waals surface area contributed by atoms with Gasteiger partial charge in [0.25, 0.3) is 0 Å². The predicted octanol–water partition coefficient (Wildman–Crippen LogP) is 1.48. The molecule has 2 heterocycles. The Morgan fingerprint density at radius 2 is 1.94 bits per heavy atom. The largest absolute Gasteiger partial charge is 0.328 e. The van der Waals surface area contributed by atoms with Crippen LogP contribution < -0.4 is 5.73 Å². The number of thiophene rings is 1. The lowest BCUT2D eigenvalue weighted by Gasteiger charge is -2.29. The molecule has 2 rings (SSSR count). The summed E-state index contributed by atoms with van der Waals surface area (Å²) in [6.07, 6.45) is 1.50. The fraction of sp³-hybridized carbons (Fsp3) is 0.636. The molecule has 0 unspecified atom stereocenters. The molecule has 0 spiro atoms. The Labute approximate surface area is 106 Å². The number of rotatable bonds is 2. The minimum absolute atomic E-state index is 0.145. The molecule has 1 fully saturated rings. The third-order valence-electron chi connectivity index (χ3n) is 3.11. The van der Waals surface area contributed by atoms with E-state index < -0.39 is 10.0 Å². The van der Waals surface area contributed by atoms with Crippen molar-refractivity contribution < 1.29 is 8.42 Å². The van der Waals surface area contributed by atoms with Gasteiger partial charge in [-0.05, 0) is 32.8 Å². The molecule has 6 heteroatoms. The first-order valence-electron chi connectivity index (χ1n) is 5.74. The van der Waals surface area contributed by atoms with Crippen LogP contribution in [0.4, 0.5) is 0 Å². The summed E-state index contributed by atoms with van der Waals surface area (Å²) in [6.45, 7) is 4.87. The molecule has 0 amide bonds. The molecule has 1 aromatic rings. The number of sulfonamides is 1. The van der Waals surface area contributed by atoms with Crippen LogP contribution in [0.2, 0.25) is 0 Å². The van der Waals surface area contributed by atoms with Gasteiger partial charge >= 0.3 is 0 Å². The van der Waals surface area contributed by atoms with Crippen LogP contribution in [-0.4, -0.2) is 31.9 Å². The van der Waals surface area contributed by atoms with Crippen LogP contribution in [0.5, 0.6) is 0 Å². The van der Waals surface area contributed by atoms with Crippen LogP contribution in [0, 0.1) is 13.8 Å². The Morgan fingerprint density at radius 1 is 1.35 bits per heavy atom. The predicted molar refractivity (Wildman–Crippen MR) is 69.8 cm³/mol. The Morgan fingerprint density at radius 3 is 2.41 bits per heavy atom. The van der Waals surface area contributed by atoms with E-state index in [9.17, 15) is 8.42 Å². The Bertz CT molecular complexity index is 500. The first-order chi connectivity index (χ1) is 7.91. The van der Waals surface area contributed by atoms with Gasteiger partial charge in [0, 0.05) is 28.9 Å². The number of hydrogen-bond acceptors (Lipinski definition) is 4. The van der Waals surface area contributed by atoms with Crippen molar-refractivity contribution in [1.82, 2.24) is 4.31 Å². The van der Waals surface area contributed by atoms with E-state index in [4.69, 9.17) is 5.73 Å². The average Bonchev–Trinajstić information content (AvgIpc) is 2.59. The van der Waals surface area contributed by atoms with E-state index in [1.165, 1.54) is 11.3 Å². The molecule has 17 heavy (non-hydrogen) atoms. The summed E-state index contributed by atoms with van der Waals surface area (Å²) >= 11 is 1.53. The van der Waals surface area contributed by atoms with Crippen molar-refractivity contribution in [3.05, 3.63) is 15.8 Å². The highest BCUT2D eigenvalue weighted by atomic mass is 32.2. The van der Waals surface area contributed by atoms with Crippen LogP contribution in [-0.2, 0) is 10.0 Å². The van der Waals surface area contributed by atoms with Gasteiger partial charge in [-0.15, -0.1) is 11.3 Å². The smallest absolute Gasteiger partial charge is 0.244 e. The first-order valence-corrected chi connectivity index (χ1v) is 7.99. The molecule has 0 saturated carbocycles. The van der Waals surface area contributed by atoms with Gasteiger partial charge in [0.15, 0.2) is 0 Å². The van der Waals surface area contributed by atoms with E-state index in [0.29, 0.717) is 18.0 Å². The lowest BCUT2D eigenvalue weighted by Crippen LogP contribution is -2.42. The third kappa shape index (κ3) is 2.54. The number of nitrogens with two attached hydrogens (primary N) is 1. The maximum absolute atomic E-state index is 12.4. The molecule has 0 aliphatic carbocycles. The molecule has 1 saturated heterocycles. The quantitative estimate of drug-likeness (QED) is 0.888. The molecular weight excluding hydrogens is 256 g/mol. The molecule has 0 bridgehead atoms. The van der Waals surface area contributed by atoms with Gasteiger partial charge in [-0.25, -0.2) is 8.42 Å². The molecule has 2 N–H and O–H groups in total. The maximum Gasteiger partial charge on any atom is 0.244 e. The molecular formula is C11H18N2O2S2. The lowest BCUT2D eigenvalue weighted by molar-refractivity contribution is 0.320. The van der Waals surface area contributed by atoms with Crippen LogP contribution in [0.1, 0.15) is 22.6 Å². The molecule has 96 valence electrons. The van der Waals surface area contributed by atoms with Crippen molar-refractivity contribution >= 4 is 21.4 Å². The van der Waals surface area contributed by atoms with Crippen molar-refractivity contribution in [2.75, 3.05) is 13.1 Å². The first kappa shape index (κ1) is 13.0. The average molecular weight is 274 g/mol. The number of nitrogens with zero attached hydrogens (tertiary/aromatic N) is 1. The fourth-order valence-electron chi connectivity index (χ4n) is 2.12. The highest BCUT2D eigenvalue weighted by Gasteiger charge is 2.30. The molecule has 0 atom stereocenters. The summed E-state index contributed by atoms with van der Waals surface area (Å²) in [5.41, 5.74) is 5.79. The lowest BCUT2D eigenvalue weighted by atomic mass is 10.1. The SMILES string of the molecule is Cc1cc(S(=O)(=O)N2CCC(N)CC2)c(C)s1. The fourth-order valence-corrected chi connectivity index (χ4v) is 5.11. The van der Waals surface area contributed by atoms with Crippen LogP contribution in [0.3, 0.4) is 0 Å². The van der Waals surface area contributed by atoms with E-state index in [0.717, 1.165) is 22.6 Å². The van der Waals surface area contributed by atoms with Crippen LogP contribution in [0.25, 0.3) is 0 Å². The minimum Gasteiger partial charge on any atom is -0.328 e. The van der Waals surface area contributed by atoms with Crippen molar-refractivity contribution in [2.45, 2.75) is 37.6 Å². The van der Waals surface area contributed by atoms with Crippen molar-refractivity contribution in [3.63, 3.8) is 0 Å². The summed E-state index contributed by atoms with van der Waals surface area (Å²) in [5.74, 6) is 0. The van der Waals surface area contributed by atoms with Gasteiger partial charge in [-0.1, -0.05) is 0 Å². The Balaban J connectivity index is 2.28. The van der Waals surface area contributed by atoms with Gasteiger partial charge in [0.1, 0.15) is 0 Å². The number of aryl methyl sites for hydroxylation is 2. The topological polar surface area (TPSA) is 63.4 Å². The van der Waals surface area contributed by atoms with Gasteiger partial charge in [-0.3, -0.25) is 0 Å². The van der Waals surface area contributed by atoms with E-state index >= 15 is 0 Å². The summed E-state index contributed by atoms with van der Waals surface area (Å²) < 4.78 is 26.4. The van der Waals surface area contributed by atoms with Gasteiger partial charge in [0.05, 0.1) is 4.90 Å². The minimum atomic E-state index is -3.31. The van der Waals surface area contributed by atoms with Crippen molar-refractivity contribution in [3.8, 4) is 0 Å². The Hall–Kier alpha value is -0.430. The normalized spacial score (nSPS) is 19.7. The van der Waals surface area contributed by atoms with Crippen LogP contribution in [0.15, 0.2) is 11.0 Å². The van der Waals surface area contributed by atoms with E-state index in [1.54, 1.807) is 10.4 Å².